The normalized spacial score (nSPS) is 42.0. The summed E-state index contributed by atoms with van der Waals surface area (Å²) in [6, 6.07) is 0. The van der Waals surface area contributed by atoms with Gasteiger partial charge in [-0.15, -0.1) is 0 Å². The van der Waals surface area contributed by atoms with E-state index in [1.54, 1.807) is 0 Å². The van der Waals surface area contributed by atoms with Gasteiger partial charge in [-0.25, -0.2) is 0 Å². The van der Waals surface area contributed by atoms with Crippen molar-refractivity contribution in [3.63, 3.8) is 0 Å². The van der Waals surface area contributed by atoms with Gasteiger partial charge in [-0.05, 0) is 0 Å². The fraction of sp³-hybridized carbons (Fsp3) is 1.00. The van der Waals surface area contributed by atoms with Crippen molar-refractivity contribution in [3.05, 3.63) is 0 Å². The number of hydrogen-bond acceptors (Lipinski definition) is 2. The molecule has 0 aromatic rings. The molecule has 0 spiro atoms. The van der Waals surface area contributed by atoms with E-state index in [4.69, 9.17) is 23.2 Å². The molecule has 0 aromatic heterocycles. The monoisotopic (exact) mass is 142 g/mol. The van der Waals surface area contributed by atoms with Crippen LogP contribution in [0, 0.1) is 0 Å². The molecule has 0 radical (unpaired) electrons. The van der Waals surface area contributed by atoms with E-state index in [0.29, 0.717) is 0 Å². The maximum atomic E-state index is 5.38. The highest BCUT2D eigenvalue weighted by molar-refractivity contribution is 6.28. The highest BCUT2D eigenvalue weighted by Crippen LogP contribution is 2.18. The van der Waals surface area contributed by atoms with Gasteiger partial charge in [-0.1, -0.05) is 23.2 Å². The fourth-order valence-corrected chi connectivity index (χ4v) is 0.569. The number of halogens is 2. The quantitative estimate of drug-likeness (QED) is 0.473. The van der Waals surface area contributed by atoms with E-state index >= 15 is 0 Å². The highest BCUT2D eigenvalue weighted by atomic mass is 35.5. The Kier molecular flexibility index (Phi) is 1.75. The molecule has 42 valence electrons. The lowest BCUT2D eigenvalue weighted by atomic mass is 10.8. The molecular weight excluding hydrogens is 139 g/mol. The minimum absolute atomic E-state index is 0.211. The zero-order valence-electron chi connectivity index (χ0n) is 3.43. The van der Waals surface area contributed by atoms with Crippen LogP contribution in [0.1, 0.15) is 0 Å². The summed E-state index contributed by atoms with van der Waals surface area (Å²) in [4.78, 5) is 0. The summed E-state index contributed by atoms with van der Waals surface area (Å²) in [7, 11) is 0. The lowest BCUT2D eigenvalue weighted by Gasteiger charge is -1.97. The Morgan fingerprint density at radius 2 is 1.57 bits per heavy atom. The maximum Gasteiger partial charge on any atom is 0.173 e. The second-order valence-electron chi connectivity index (χ2n) is 1.15. The molecule has 1 aliphatic heterocycles. The predicted octanol–water partition coefficient (Wildman–Crippen LogP) is 1.12. The van der Waals surface area contributed by atoms with Crippen LogP contribution in [0.15, 0.2) is 0 Å². The standard InChI is InChI=1S/C3H4Cl2O2/c4-2-3(5)7-1-6-2/h2-3H,1H2/t2-,3-/m1/s1. The van der Waals surface area contributed by atoms with Gasteiger partial charge in [0.2, 0.25) is 0 Å². The van der Waals surface area contributed by atoms with Gasteiger partial charge in [0.25, 0.3) is 0 Å². The topological polar surface area (TPSA) is 18.5 Å². The lowest BCUT2D eigenvalue weighted by molar-refractivity contribution is 0.0581. The number of alkyl halides is 2. The molecule has 1 fully saturated rings. The first-order valence-electron chi connectivity index (χ1n) is 1.82. The lowest BCUT2D eigenvalue weighted by Crippen LogP contribution is -2.07. The number of rotatable bonds is 0. The van der Waals surface area contributed by atoms with Crippen molar-refractivity contribution < 1.29 is 9.47 Å². The van der Waals surface area contributed by atoms with Crippen LogP contribution < -0.4 is 0 Å². The predicted molar refractivity (Wildman–Crippen MR) is 26.3 cm³/mol. The summed E-state index contributed by atoms with van der Waals surface area (Å²) in [6.07, 6.45) is 0. The van der Waals surface area contributed by atoms with Crippen LogP contribution in [0.4, 0.5) is 0 Å². The zero-order valence-corrected chi connectivity index (χ0v) is 4.95. The van der Waals surface area contributed by atoms with Crippen molar-refractivity contribution in [1.29, 1.82) is 0 Å². The first kappa shape index (κ1) is 5.63. The molecule has 0 amide bonds. The molecule has 1 aliphatic rings. The summed E-state index contributed by atoms with van der Waals surface area (Å²) in [6.45, 7) is 0.211. The summed E-state index contributed by atoms with van der Waals surface area (Å²) < 4.78 is 9.35. The van der Waals surface area contributed by atoms with Crippen LogP contribution in [-0.4, -0.2) is 17.9 Å². The molecule has 0 N–H and O–H groups in total. The fourth-order valence-electron chi connectivity index (χ4n) is 0.321. The Balaban J connectivity index is 2.33. The largest absolute Gasteiger partial charge is 0.332 e. The molecule has 7 heavy (non-hydrogen) atoms. The summed E-state index contributed by atoms with van der Waals surface area (Å²) >= 11 is 10.8. The minimum atomic E-state index is -0.471. The Bertz CT molecular complexity index is 60.0. The van der Waals surface area contributed by atoms with Gasteiger partial charge >= 0.3 is 0 Å². The van der Waals surface area contributed by atoms with Gasteiger partial charge in [-0.2, -0.15) is 0 Å². The number of hydrogen-bond donors (Lipinski definition) is 0. The molecule has 0 unspecified atom stereocenters. The van der Waals surface area contributed by atoms with Crippen LogP contribution in [0.5, 0.6) is 0 Å². The minimum Gasteiger partial charge on any atom is -0.332 e. The van der Waals surface area contributed by atoms with Crippen LogP contribution in [0.3, 0.4) is 0 Å². The molecule has 0 aliphatic carbocycles. The average Bonchev–Trinajstić information content (AvgIpc) is 1.91. The molecule has 1 heterocycles. The first-order chi connectivity index (χ1) is 3.30. The van der Waals surface area contributed by atoms with E-state index in [9.17, 15) is 0 Å². The van der Waals surface area contributed by atoms with E-state index in [0.717, 1.165) is 0 Å². The van der Waals surface area contributed by atoms with E-state index < -0.39 is 11.1 Å². The second kappa shape index (κ2) is 2.18. The zero-order chi connectivity index (χ0) is 5.28. The summed E-state index contributed by atoms with van der Waals surface area (Å²) in [5.41, 5.74) is -0.941. The van der Waals surface area contributed by atoms with Crippen LogP contribution in [0.25, 0.3) is 0 Å². The third-order valence-corrected chi connectivity index (χ3v) is 1.50. The Hall–Kier alpha value is 0.500. The summed E-state index contributed by atoms with van der Waals surface area (Å²) in [5.74, 6) is 0. The van der Waals surface area contributed by atoms with Gasteiger partial charge in [0.1, 0.15) is 0 Å². The Morgan fingerprint density at radius 3 is 1.71 bits per heavy atom. The van der Waals surface area contributed by atoms with Gasteiger partial charge in [0, 0.05) is 0 Å². The molecule has 1 saturated heterocycles. The third-order valence-electron chi connectivity index (χ3n) is 0.661. The molecule has 1 rings (SSSR count). The molecule has 2 nitrogen and oxygen atoms in total. The van der Waals surface area contributed by atoms with Gasteiger partial charge in [0.05, 0.1) is 0 Å². The molecule has 0 aromatic carbocycles. The van der Waals surface area contributed by atoms with Crippen molar-refractivity contribution in [2.75, 3.05) is 6.79 Å². The van der Waals surface area contributed by atoms with Crippen molar-refractivity contribution >= 4 is 23.2 Å². The Morgan fingerprint density at radius 1 is 1.14 bits per heavy atom. The van der Waals surface area contributed by atoms with Crippen LogP contribution in [-0.2, 0) is 9.47 Å². The van der Waals surface area contributed by atoms with Crippen molar-refractivity contribution in [3.8, 4) is 0 Å². The SMILES string of the molecule is Cl[C@@H]1OCO[C@H]1Cl. The molecule has 0 bridgehead atoms. The van der Waals surface area contributed by atoms with Gasteiger partial charge in [-0.3, -0.25) is 0 Å². The molecule has 0 saturated carbocycles. The van der Waals surface area contributed by atoms with Gasteiger partial charge < -0.3 is 9.47 Å². The van der Waals surface area contributed by atoms with E-state index in [-0.39, 0.29) is 6.79 Å². The van der Waals surface area contributed by atoms with Crippen LogP contribution in [0.2, 0.25) is 0 Å². The summed E-state index contributed by atoms with van der Waals surface area (Å²) in [5, 5.41) is 0. The molecule has 2 atom stereocenters. The van der Waals surface area contributed by atoms with Crippen molar-refractivity contribution in [2.45, 2.75) is 11.1 Å². The highest BCUT2D eigenvalue weighted by Gasteiger charge is 2.23. The van der Waals surface area contributed by atoms with Crippen molar-refractivity contribution in [1.82, 2.24) is 0 Å². The first-order valence-corrected chi connectivity index (χ1v) is 2.69. The average molecular weight is 143 g/mol. The van der Waals surface area contributed by atoms with E-state index in [2.05, 4.69) is 9.47 Å². The molecule has 4 heteroatoms. The van der Waals surface area contributed by atoms with E-state index in [1.165, 1.54) is 0 Å². The van der Waals surface area contributed by atoms with E-state index in [1.807, 2.05) is 0 Å². The second-order valence-corrected chi connectivity index (χ2v) is 2.01. The number of ether oxygens (including phenoxy) is 2. The van der Waals surface area contributed by atoms with Crippen LogP contribution >= 0.6 is 23.2 Å². The molecular formula is C3H4Cl2O2. The Labute approximate surface area is 51.3 Å². The van der Waals surface area contributed by atoms with Gasteiger partial charge in [0.15, 0.2) is 17.9 Å². The maximum absolute atomic E-state index is 5.38. The van der Waals surface area contributed by atoms with Crippen molar-refractivity contribution in [2.24, 2.45) is 0 Å². The third kappa shape index (κ3) is 1.19. The smallest absolute Gasteiger partial charge is 0.173 e.